The van der Waals surface area contributed by atoms with Crippen LogP contribution in [0.25, 0.3) is 0 Å². The molecule has 3 aromatic carbocycles. The van der Waals surface area contributed by atoms with Gasteiger partial charge in [0.05, 0.1) is 23.7 Å². The number of nitrogens with zero attached hydrogens (tertiary/aromatic N) is 4. The van der Waals surface area contributed by atoms with Crippen molar-refractivity contribution in [2.45, 2.75) is 24.2 Å². The quantitative estimate of drug-likeness (QED) is 0.331. The SMILES string of the molecule is C=CCN(CC=C)[C@@H]1C(=O)N2[C@H]3C(=O)N(c4ccccc4)C(=O)[C@H]3[C@@H](c3ccccc3)N2[C@H]1c1ccccc1. The lowest BCUT2D eigenvalue weighted by Gasteiger charge is -2.36. The van der Waals surface area contributed by atoms with Gasteiger partial charge in [0.25, 0.3) is 11.8 Å². The fourth-order valence-electron chi connectivity index (χ4n) is 6.47. The lowest BCUT2D eigenvalue weighted by atomic mass is 9.87. The number of benzene rings is 3. The molecule has 3 amide bonds. The molecule has 5 atom stereocenters. The number of hydrogen-bond donors (Lipinski definition) is 0. The van der Waals surface area contributed by atoms with E-state index < -0.39 is 30.1 Å². The van der Waals surface area contributed by atoms with E-state index in [1.807, 2.05) is 76.6 Å². The first kappa shape index (κ1) is 25.0. The number of hydrogen-bond acceptors (Lipinski definition) is 5. The van der Waals surface area contributed by atoms with Crippen LogP contribution in [0.2, 0.25) is 0 Å². The topological polar surface area (TPSA) is 64.2 Å². The zero-order valence-corrected chi connectivity index (χ0v) is 21.5. The van der Waals surface area contributed by atoms with E-state index in [0.29, 0.717) is 18.8 Å². The molecule has 0 radical (unpaired) electrons. The lowest BCUT2D eigenvalue weighted by Crippen LogP contribution is -2.48. The minimum absolute atomic E-state index is 0.197. The highest BCUT2D eigenvalue weighted by Gasteiger charge is 2.69. The minimum Gasteiger partial charge on any atom is -0.283 e. The van der Waals surface area contributed by atoms with Crippen LogP contribution in [0.15, 0.2) is 116 Å². The average molecular weight is 519 g/mol. The van der Waals surface area contributed by atoms with Crippen LogP contribution in [0.5, 0.6) is 0 Å². The molecule has 196 valence electrons. The van der Waals surface area contributed by atoms with Gasteiger partial charge in [0.1, 0.15) is 12.1 Å². The van der Waals surface area contributed by atoms with Gasteiger partial charge in [0.15, 0.2) is 0 Å². The molecule has 0 N–H and O–H groups in total. The monoisotopic (exact) mass is 518 g/mol. The van der Waals surface area contributed by atoms with Crippen molar-refractivity contribution in [1.29, 1.82) is 0 Å². The smallest absolute Gasteiger partial charge is 0.259 e. The van der Waals surface area contributed by atoms with Crippen LogP contribution in [0.3, 0.4) is 0 Å². The highest BCUT2D eigenvalue weighted by Crippen LogP contribution is 2.55. The van der Waals surface area contributed by atoms with Gasteiger partial charge in [-0.15, -0.1) is 13.2 Å². The summed E-state index contributed by atoms with van der Waals surface area (Å²) in [5.41, 5.74) is 2.35. The lowest BCUT2D eigenvalue weighted by molar-refractivity contribution is -0.146. The van der Waals surface area contributed by atoms with Crippen LogP contribution in [-0.2, 0) is 14.4 Å². The predicted molar refractivity (Wildman–Crippen MR) is 149 cm³/mol. The van der Waals surface area contributed by atoms with Crippen molar-refractivity contribution in [1.82, 2.24) is 14.9 Å². The summed E-state index contributed by atoms with van der Waals surface area (Å²) in [6.45, 7) is 8.77. The molecule has 3 fully saturated rings. The maximum atomic E-state index is 14.5. The Hall–Kier alpha value is -4.33. The second-order valence-electron chi connectivity index (χ2n) is 10.1. The van der Waals surface area contributed by atoms with Crippen LogP contribution >= 0.6 is 0 Å². The van der Waals surface area contributed by atoms with Gasteiger partial charge in [0.2, 0.25) is 5.91 Å². The van der Waals surface area contributed by atoms with E-state index in [0.717, 1.165) is 11.1 Å². The van der Waals surface area contributed by atoms with Crippen molar-refractivity contribution in [2.75, 3.05) is 18.0 Å². The van der Waals surface area contributed by atoms with Crippen LogP contribution < -0.4 is 4.90 Å². The Bertz CT molecular complexity index is 1400. The van der Waals surface area contributed by atoms with Crippen LogP contribution in [-0.4, -0.2) is 57.8 Å². The number of anilines is 1. The van der Waals surface area contributed by atoms with Gasteiger partial charge in [-0.2, -0.15) is 5.01 Å². The zero-order chi connectivity index (χ0) is 27.1. The van der Waals surface area contributed by atoms with Crippen LogP contribution in [0.4, 0.5) is 5.69 Å². The number of carbonyl (C=O) groups is 3. The highest BCUT2D eigenvalue weighted by molar-refractivity contribution is 6.25. The van der Waals surface area contributed by atoms with E-state index in [-0.39, 0.29) is 17.7 Å². The van der Waals surface area contributed by atoms with E-state index >= 15 is 0 Å². The number of fused-ring (bicyclic) bond motifs is 3. The number of amides is 3. The summed E-state index contributed by atoms with van der Waals surface area (Å²) < 4.78 is 0. The third-order valence-electron chi connectivity index (χ3n) is 7.94. The molecule has 0 aliphatic carbocycles. The Morgan fingerprint density at radius 2 is 1.15 bits per heavy atom. The second-order valence-corrected chi connectivity index (χ2v) is 10.1. The molecular formula is C32H30N4O3. The van der Waals surface area contributed by atoms with Crippen molar-refractivity contribution in [3.8, 4) is 0 Å². The number of rotatable bonds is 8. The van der Waals surface area contributed by atoms with Crippen LogP contribution in [0.1, 0.15) is 23.2 Å². The zero-order valence-electron chi connectivity index (χ0n) is 21.5. The van der Waals surface area contributed by atoms with Gasteiger partial charge in [-0.05, 0) is 23.3 Å². The Morgan fingerprint density at radius 1 is 0.641 bits per heavy atom. The largest absolute Gasteiger partial charge is 0.283 e. The summed E-state index contributed by atoms with van der Waals surface area (Å²) in [7, 11) is 0. The van der Waals surface area contributed by atoms with Crippen LogP contribution in [0, 0.1) is 5.92 Å². The maximum Gasteiger partial charge on any atom is 0.259 e. The average Bonchev–Trinajstić information content (AvgIpc) is 3.55. The summed E-state index contributed by atoms with van der Waals surface area (Å²) in [6.07, 6.45) is 3.55. The van der Waals surface area contributed by atoms with Crippen molar-refractivity contribution in [3.63, 3.8) is 0 Å². The molecule has 3 heterocycles. The van der Waals surface area contributed by atoms with Gasteiger partial charge < -0.3 is 0 Å². The molecule has 6 rings (SSSR count). The molecule has 0 bridgehead atoms. The first-order valence-electron chi connectivity index (χ1n) is 13.2. The Morgan fingerprint density at radius 3 is 1.69 bits per heavy atom. The molecule has 3 aliphatic rings. The predicted octanol–water partition coefficient (Wildman–Crippen LogP) is 4.14. The summed E-state index contributed by atoms with van der Waals surface area (Å²) in [6, 6.07) is 26.1. The van der Waals surface area contributed by atoms with Gasteiger partial charge in [-0.3, -0.25) is 24.3 Å². The third kappa shape index (κ3) is 3.85. The summed E-state index contributed by atoms with van der Waals surface area (Å²) >= 11 is 0. The van der Waals surface area contributed by atoms with Gasteiger partial charge in [0, 0.05) is 13.1 Å². The normalized spacial score (nSPS) is 26.3. The number of hydrazine groups is 1. The van der Waals surface area contributed by atoms with Crippen molar-refractivity contribution < 1.29 is 14.4 Å². The first-order chi connectivity index (χ1) is 19.1. The molecule has 39 heavy (non-hydrogen) atoms. The fourth-order valence-corrected chi connectivity index (χ4v) is 6.47. The van der Waals surface area contributed by atoms with Gasteiger partial charge >= 0.3 is 0 Å². The molecule has 0 aromatic heterocycles. The van der Waals surface area contributed by atoms with E-state index in [9.17, 15) is 14.4 Å². The molecular weight excluding hydrogens is 488 g/mol. The summed E-state index contributed by atoms with van der Waals surface area (Å²) in [5, 5.41) is 3.59. The molecule has 3 aromatic rings. The van der Waals surface area contributed by atoms with E-state index in [2.05, 4.69) is 13.2 Å². The molecule has 3 aliphatic heterocycles. The summed E-state index contributed by atoms with van der Waals surface area (Å²) in [4.78, 5) is 45.9. The third-order valence-corrected chi connectivity index (χ3v) is 7.94. The standard InChI is InChI=1S/C32H30N4O3/c1-3-20-33(21-4-2)29-27(23-16-10-6-11-17-23)35-26(22-14-8-5-9-15-22)25-28(36(35)32(29)39)31(38)34(30(25)37)24-18-12-7-13-19-24/h3-19,25-29H,1-2,20-21H2/t25-,26+,27-,28+,29-/m0/s1. The van der Waals surface area contributed by atoms with Crippen molar-refractivity contribution in [3.05, 3.63) is 127 Å². The molecule has 7 nitrogen and oxygen atoms in total. The molecule has 0 saturated carbocycles. The first-order valence-corrected chi connectivity index (χ1v) is 13.2. The van der Waals surface area contributed by atoms with E-state index in [1.54, 1.807) is 41.4 Å². The van der Waals surface area contributed by atoms with Crippen molar-refractivity contribution in [2.24, 2.45) is 5.92 Å². The number of para-hydroxylation sites is 1. The van der Waals surface area contributed by atoms with E-state index in [1.165, 1.54) is 4.90 Å². The molecule has 0 spiro atoms. The highest BCUT2D eigenvalue weighted by atomic mass is 16.2. The number of carbonyl (C=O) groups excluding carboxylic acids is 3. The number of imide groups is 1. The Labute approximate surface area is 228 Å². The Kier molecular flexibility index (Phi) is 6.46. The molecule has 3 saturated heterocycles. The van der Waals surface area contributed by atoms with Gasteiger partial charge in [-0.1, -0.05) is 91.0 Å². The minimum atomic E-state index is -0.930. The molecule has 0 unspecified atom stereocenters. The summed E-state index contributed by atoms with van der Waals surface area (Å²) in [5.74, 6) is -1.59. The Balaban J connectivity index is 1.54. The van der Waals surface area contributed by atoms with E-state index in [4.69, 9.17) is 0 Å². The molecule has 7 heteroatoms. The van der Waals surface area contributed by atoms with Gasteiger partial charge in [-0.25, -0.2) is 4.90 Å². The maximum absolute atomic E-state index is 14.5. The fraction of sp³-hybridized carbons (Fsp3) is 0.219. The van der Waals surface area contributed by atoms with Crippen molar-refractivity contribution >= 4 is 23.4 Å². The second kappa shape index (κ2) is 10.1.